The molecule has 2 aromatic heterocycles. The molecule has 1 aromatic carbocycles. The average molecular weight is 432 g/mol. The fourth-order valence-corrected chi connectivity index (χ4v) is 8.70. The van der Waals surface area contributed by atoms with Gasteiger partial charge < -0.3 is 14.9 Å². The number of aryl methyl sites for hydroxylation is 1. The van der Waals surface area contributed by atoms with E-state index in [9.17, 15) is 4.79 Å². The number of pyridine rings is 1. The summed E-state index contributed by atoms with van der Waals surface area (Å²) in [6, 6.07) is 8.87. The number of rotatable bonds is 4. The van der Waals surface area contributed by atoms with E-state index in [1.54, 1.807) is 16.3 Å². The number of thioether (sulfide) groups is 1. The first-order valence-electron chi connectivity index (χ1n) is 11.6. The number of anilines is 1. The van der Waals surface area contributed by atoms with Gasteiger partial charge in [-0.25, -0.2) is 0 Å². The Balaban J connectivity index is 1.37. The van der Waals surface area contributed by atoms with E-state index >= 15 is 0 Å². The van der Waals surface area contributed by atoms with Gasteiger partial charge in [0.2, 0.25) is 0 Å². The van der Waals surface area contributed by atoms with Gasteiger partial charge in [0, 0.05) is 52.1 Å². The monoisotopic (exact) mass is 431 g/mol. The highest BCUT2D eigenvalue weighted by Gasteiger charge is 2.70. The third-order valence-electron chi connectivity index (χ3n) is 9.28. The van der Waals surface area contributed by atoms with Gasteiger partial charge in [0.15, 0.2) is 0 Å². The highest BCUT2D eigenvalue weighted by Crippen LogP contribution is 2.76. The third-order valence-corrected chi connectivity index (χ3v) is 10.0. The van der Waals surface area contributed by atoms with Gasteiger partial charge in [0.05, 0.1) is 0 Å². The molecule has 160 valence electrons. The molecule has 3 aromatic rings. The maximum absolute atomic E-state index is 12.6. The van der Waals surface area contributed by atoms with Gasteiger partial charge in [-0.2, -0.15) is 0 Å². The molecule has 4 aliphatic carbocycles. The van der Waals surface area contributed by atoms with E-state index in [4.69, 9.17) is 0 Å². The molecule has 5 unspecified atom stereocenters. The molecule has 0 aliphatic heterocycles. The van der Waals surface area contributed by atoms with Gasteiger partial charge in [-0.1, -0.05) is 0 Å². The Morgan fingerprint density at radius 2 is 2.03 bits per heavy atom. The zero-order valence-corrected chi connectivity index (χ0v) is 19.0. The Hall–Kier alpha value is -2.14. The van der Waals surface area contributed by atoms with Crippen LogP contribution in [0.3, 0.4) is 0 Å². The predicted molar refractivity (Wildman–Crippen MR) is 128 cm³/mol. The van der Waals surface area contributed by atoms with E-state index in [1.807, 2.05) is 25.5 Å². The number of benzene rings is 1. The Morgan fingerprint density at radius 3 is 2.90 bits per heavy atom. The van der Waals surface area contributed by atoms with E-state index < -0.39 is 0 Å². The average Bonchev–Trinajstić information content (AvgIpc) is 3.37. The second-order valence-electron chi connectivity index (χ2n) is 10.8. The summed E-state index contributed by atoms with van der Waals surface area (Å²) in [4.78, 5) is 17.1. The van der Waals surface area contributed by atoms with Crippen molar-refractivity contribution in [2.75, 3.05) is 11.6 Å². The SMILES string of the molecule is CSc1ccc(NC23CC4CC5CC(C2)C5(C4)C3)c(-c2cn(C)c(=O)c3[nH]ccc23)c1. The maximum atomic E-state index is 12.6. The Labute approximate surface area is 186 Å². The Bertz CT molecular complexity index is 1290. The quantitative estimate of drug-likeness (QED) is 0.526. The molecule has 0 radical (unpaired) electrons. The molecule has 2 heterocycles. The largest absolute Gasteiger partial charge is 0.379 e. The van der Waals surface area contributed by atoms with Crippen LogP contribution in [0, 0.1) is 23.2 Å². The third kappa shape index (κ3) is 2.36. The van der Waals surface area contributed by atoms with Crippen LogP contribution in [0.2, 0.25) is 0 Å². The van der Waals surface area contributed by atoms with Crippen molar-refractivity contribution < 1.29 is 0 Å². The molecule has 31 heavy (non-hydrogen) atoms. The van der Waals surface area contributed by atoms with Crippen LogP contribution in [-0.2, 0) is 7.05 Å². The van der Waals surface area contributed by atoms with Crippen LogP contribution in [0.4, 0.5) is 5.69 Å². The fraction of sp³-hybridized carbons (Fsp3) is 0.500. The van der Waals surface area contributed by atoms with Crippen molar-refractivity contribution >= 4 is 28.4 Å². The lowest BCUT2D eigenvalue weighted by atomic mass is 9.56. The molecule has 4 nitrogen and oxygen atoms in total. The first kappa shape index (κ1) is 18.4. The van der Waals surface area contributed by atoms with Crippen molar-refractivity contribution in [3.8, 4) is 11.1 Å². The molecular weight excluding hydrogens is 402 g/mol. The van der Waals surface area contributed by atoms with Crippen LogP contribution in [0.1, 0.15) is 38.5 Å². The summed E-state index contributed by atoms with van der Waals surface area (Å²) in [5, 5.41) is 5.15. The van der Waals surface area contributed by atoms with Gasteiger partial charge in [-0.15, -0.1) is 11.8 Å². The Kier molecular flexibility index (Phi) is 3.57. The van der Waals surface area contributed by atoms with Crippen molar-refractivity contribution in [2.24, 2.45) is 30.2 Å². The van der Waals surface area contributed by atoms with Crippen molar-refractivity contribution in [3.05, 3.63) is 47.0 Å². The van der Waals surface area contributed by atoms with Crippen molar-refractivity contribution in [2.45, 2.75) is 49.0 Å². The number of H-pyrrole nitrogens is 1. The summed E-state index contributed by atoms with van der Waals surface area (Å²) < 4.78 is 1.71. The second kappa shape index (κ2) is 6.00. The van der Waals surface area contributed by atoms with Gasteiger partial charge in [0.25, 0.3) is 5.56 Å². The van der Waals surface area contributed by atoms with Crippen LogP contribution in [0.15, 0.2) is 46.3 Å². The van der Waals surface area contributed by atoms with E-state index in [-0.39, 0.29) is 11.1 Å². The smallest absolute Gasteiger partial charge is 0.274 e. The molecule has 2 N–H and O–H groups in total. The second-order valence-corrected chi connectivity index (χ2v) is 11.7. The van der Waals surface area contributed by atoms with E-state index in [0.717, 1.165) is 28.7 Å². The van der Waals surface area contributed by atoms with Crippen LogP contribution < -0.4 is 10.9 Å². The first-order chi connectivity index (χ1) is 15.0. The topological polar surface area (TPSA) is 49.8 Å². The lowest BCUT2D eigenvalue weighted by Crippen LogP contribution is -2.43. The summed E-state index contributed by atoms with van der Waals surface area (Å²) in [6.45, 7) is 0. The van der Waals surface area contributed by atoms with Crippen LogP contribution in [0.5, 0.6) is 0 Å². The lowest BCUT2D eigenvalue weighted by Gasteiger charge is -2.49. The minimum Gasteiger partial charge on any atom is -0.379 e. The minimum absolute atomic E-state index is 0.0271. The van der Waals surface area contributed by atoms with Crippen molar-refractivity contribution in [1.29, 1.82) is 0 Å². The van der Waals surface area contributed by atoms with Crippen LogP contribution in [0.25, 0.3) is 22.0 Å². The molecule has 4 fully saturated rings. The molecule has 5 atom stereocenters. The normalized spacial score (nSPS) is 34.8. The van der Waals surface area contributed by atoms with Crippen LogP contribution >= 0.6 is 11.8 Å². The molecule has 3 bridgehead atoms. The number of nitrogens with one attached hydrogen (secondary N) is 2. The lowest BCUT2D eigenvalue weighted by molar-refractivity contribution is 0.000392. The minimum atomic E-state index is 0.0271. The van der Waals surface area contributed by atoms with Gasteiger partial charge >= 0.3 is 0 Å². The number of aromatic nitrogens is 2. The van der Waals surface area contributed by atoms with Crippen LogP contribution in [-0.4, -0.2) is 21.3 Å². The predicted octanol–water partition coefficient (Wildman–Crippen LogP) is 5.64. The molecule has 1 spiro atoms. The molecular formula is C26H29N3OS. The number of aromatic amines is 1. The summed E-state index contributed by atoms with van der Waals surface area (Å²) in [5.41, 5.74) is 5.21. The summed E-state index contributed by atoms with van der Waals surface area (Å²) >= 11 is 1.77. The number of nitrogens with zero attached hydrogens (tertiary/aromatic N) is 1. The van der Waals surface area contributed by atoms with E-state index in [2.05, 4.69) is 34.8 Å². The van der Waals surface area contributed by atoms with Crippen molar-refractivity contribution in [3.63, 3.8) is 0 Å². The van der Waals surface area contributed by atoms with E-state index in [1.165, 1.54) is 54.7 Å². The molecule has 4 aliphatic rings. The highest BCUT2D eigenvalue weighted by atomic mass is 32.2. The first-order valence-corrected chi connectivity index (χ1v) is 12.9. The highest BCUT2D eigenvalue weighted by molar-refractivity contribution is 7.98. The zero-order chi connectivity index (χ0) is 21.0. The maximum Gasteiger partial charge on any atom is 0.274 e. The molecule has 0 saturated heterocycles. The molecule has 5 heteroatoms. The molecule has 0 amide bonds. The number of hydrogen-bond acceptors (Lipinski definition) is 3. The fourth-order valence-electron chi connectivity index (χ4n) is 8.26. The Morgan fingerprint density at radius 1 is 1.13 bits per heavy atom. The standard InChI is InChI=1S/C26H29N3OS/c1-29-13-21(19-5-6-27-23(19)24(29)30)20-9-18(31-2)3-4-22(20)28-25-10-15-7-16-8-17(12-25)26(16,11-15)14-25/h3-6,9,13,15-17,27-28H,7-8,10-12,14H2,1-2H3. The summed E-state index contributed by atoms with van der Waals surface area (Å²) in [7, 11) is 1.85. The summed E-state index contributed by atoms with van der Waals surface area (Å²) in [6.07, 6.45) is 14.5. The number of fused-ring (bicyclic) bond motifs is 3. The van der Waals surface area contributed by atoms with E-state index in [0.29, 0.717) is 10.9 Å². The zero-order valence-electron chi connectivity index (χ0n) is 18.2. The van der Waals surface area contributed by atoms with Gasteiger partial charge in [-0.05, 0) is 92.2 Å². The van der Waals surface area contributed by atoms with Crippen molar-refractivity contribution in [1.82, 2.24) is 9.55 Å². The molecule has 7 rings (SSSR count). The molecule has 4 saturated carbocycles. The van der Waals surface area contributed by atoms with Gasteiger partial charge in [0.1, 0.15) is 5.52 Å². The number of hydrogen-bond donors (Lipinski definition) is 2. The summed E-state index contributed by atoms with van der Waals surface area (Å²) in [5.74, 6) is 2.87. The van der Waals surface area contributed by atoms with Gasteiger partial charge in [-0.3, -0.25) is 4.79 Å².